The van der Waals surface area contributed by atoms with E-state index in [1.165, 1.54) is 28.2 Å². The molecule has 72 valence electrons. The Morgan fingerprint density at radius 3 is 2.92 bits per heavy atom. The summed E-state index contributed by atoms with van der Waals surface area (Å²) in [5.41, 5.74) is 8.02. The number of thiophene rings is 1. The Bertz CT molecular complexity index is 325. The molecular weight excluding hydrogens is 178 g/mol. The highest BCUT2D eigenvalue weighted by molar-refractivity contribution is 7.12. The Balaban J connectivity index is 2.44. The van der Waals surface area contributed by atoms with Crippen molar-refractivity contribution in [3.05, 3.63) is 21.4 Å². The lowest BCUT2D eigenvalue weighted by Crippen LogP contribution is -2.32. The second-order valence-electron chi connectivity index (χ2n) is 4.71. The van der Waals surface area contributed by atoms with Gasteiger partial charge >= 0.3 is 0 Å². The molecular formula is C11H17NS. The van der Waals surface area contributed by atoms with Gasteiger partial charge in [-0.2, -0.15) is 0 Å². The third kappa shape index (κ3) is 1.42. The fourth-order valence-electron chi connectivity index (χ4n) is 2.01. The average molecular weight is 195 g/mol. The molecule has 0 aromatic carbocycles. The molecule has 1 unspecified atom stereocenters. The van der Waals surface area contributed by atoms with Crippen LogP contribution < -0.4 is 5.73 Å². The Morgan fingerprint density at radius 1 is 1.54 bits per heavy atom. The molecule has 0 amide bonds. The molecule has 0 saturated carbocycles. The lowest BCUT2D eigenvalue weighted by atomic mass is 9.74. The fourth-order valence-corrected chi connectivity index (χ4v) is 3.30. The van der Waals surface area contributed by atoms with Crippen molar-refractivity contribution in [1.29, 1.82) is 0 Å². The van der Waals surface area contributed by atoms with E-state index in [0.29, 0.717) is 0 Å². The minimum absolute atomic E-state index is 0.245. The molecule has 0 fully saturated rings. The molecule has 2 N–H and O–H groups in total. The van der Waals surface area contributed by atoms with Gasteiger partial charge in [0.1, 0.15) is 0 Å². The summed E-state index contributed by atoms with van der Waals surface area (Å²) < 4.78 is 0. The number of hydrogen-bond acceptors (Lipinski definition) is 2. The van der Waals surface area contributed by atoms with E-state index in [1.807, 2.05) is 11.3 Å². The van der Waals surface area contributed by atoms with Crippen molar-refractivity contribution in [2.24, 2.45) is 11.1 Å². The summed E-state index contributed by atoms with van der Waals surface area (Å²) in [7, 11) is 0. The van der Waals surface area contributed by atoms with Crippen molar-refractivity contribution in [3.63, 3.8) is 0 Å². The second kappa shape index (κ2) is 2.82. The highest BCUT2D eigenvalue weighted by atomic mass is 32.1. The fraction of sp³-hybridized carbons (Fsp3) is 0.636. The van der Waals surface area contributed by atoms with Gasteiger partial charge in [-0.25, -0.2) is 0 Å². The lowest BCUT2D eigenvalue weighted by molar-refractivity contribution is 0.253. The standard InChI is InChI=1S/C11H17NS/c1-7-6-8-4-5-11(2,3)10(12)9(8)13-7/h6,10H,4-5,12H2,1-3H3. The Morgan fingerprint density at radius 2 is 2.23 bits per heavy atom. The van der Waals surface area contributed by atoms with Crippen LogP contribution in [0.25, 0.3) is 0 Å². The molecule has 0 aliphatic heterocycles. The van der Waals surface area contributed by atoms with E-state index in [4.69, 9.17) is 5.73 Å². The number of rotatable bonds is 0. The first kappa shape index (κ1) is 9.22. The van der Waals surface area contributed by atoms with E-state index in [9.17, 15) is 0 Å². The predicted octanol–water partition coefficient (Wildman–Crippen LogP) is 3.03. The third-order valence-corrected chi connectivity index (χ3v) is 4.30. The van der Waals surface area contributed by atoms with Gasteiger partial charge in [0, 0.05) is 15.8 Å². The van der Waals surface area contributed by atoms with Gasteiger partial charge in [-0.3, -0.25) is 0 Å². The molecule has 0 radical (unpaired) electrons. The highest BCUT2D eigenvalue weighted by Crippen LogP contribution is 2.44. The van der Waals surface area contributed by atoms with Gasteiger partial charge < -0.3 is 5.73 Å². The maximum Gasteiger partial charge on any atom is 0.0444 e. The largest absolute Gasteiger partial charge is 0.323 e. The molecule has 1 aliphatic rings. The number of hydrogen-bond donors (Lipinski definition) is 1. The van der Waals surface area contributed by atoms with E-state index in [-0.39, 0.29) is 11.5 Å². The van der Waals surface area contributed by atoms with Crippen LogP contribution in [0.4, 0.5) is 0 Å². The van der Waals surface area contributed by atoms with Gasteiger partial charge in [-0.1, -0.05) is 13.8 Å². The summed E-state index contributed by atoms with van der Waals surface area (Å²) in [6.45, 7) is 6.72. The number of nitrogens with two attached hydrogens (primary N) is 1. The van der Waals surface area contributed by atoms with Crippen LogP contribution in [0.3, 0.4) is 0 Å². The van der Waals surface area contributed by atoms with Crippen LogP contribution in [-0.2, 0) is 6.42 Å². The first-order chi connectivity index (χ1) is 6.00. The molecule has 0 saturated heterocycles. The Labute approximate surface area is 84.0 Å². The molecule has 2 rings (SSSR count). The van der Waals surface area contributed by atoms with Gasteiger partial charge in [0.05, 0.1) is 0 Å². The van der Waals surface area contributed by atoms with Gasteiger partial charge in [0.2, 0.25) is 0 Å². The maximum absolute atomic E-state index is 6.25. The number of aryl methyl sites for hydroxylation is 2. The second-order valence-corrected chi connectivity index (χ2v) is 6.00. The zero-order chi connectivity index (χ0) is 9.64. The summed E-state index contributed by atoms with van der Waals surface area (Å²) in [4.78, 5) is 2.83. The van der Waals surface area contributed by atoms with Crippen LogP contribution in [-0.4, -0.2) is 0 Å². The average Bonchev–Trinajstić information content (AvgIpc) is 2.40. The SMILES string of the molecule is Cc1cc2c(s1)C(N)C(C)(C)CC2. The quantitative estimate of drug-likeness (QED) is 0.676. The van der Waals surface area contributed by atoms with Gasteiger partial charge in [-0.05, 0) is 36.8 Å². The molecule has 1 heterocycles. The molecule has 13 heavy (non-hydrogen) atoms. The van der Waals surface area contributed by atoms with Crippen LogP contribution in [0.5, 0.6) is 0 Å². The van der Waals surface area contributed by atoms with Crippen LogP contribution >= 0.6 is 11.3 Å². The first-order valence-corrected chi connectivity index (χ1v) is 5.67. The van der Waals surface area contributed by atoms with Crippen molar-refractivity contribution in [3.8, 4) is 0 Å². The summed E-state index contributed by atoms with van der Waals surface area (Å²) in [5.74, 6) is 0. The van der Waals surface area contributed by atoms with Gasteiger partial charge in [0.15, 0.2) is 0 Å². The molecule has 1 atom stereocenters. The van der Waals surface area contributed by atoms with E-state index < -0.39 is 0 Å². The topological polar surface area (TPSA) is 26.0 Å². The summed E-state index contributed by atoms with van der Waals surface area (Å²) in [6.07, 6.45) is 2.43. The first-order valence-electron chi connectivity index (χ1n) is 4.85. The third-order valence-electron chi connectivity index (χ3n) is 3.13. The molecule has 2 heteroatoms. The van der Waals surface area contributed by atoms with Crippen LogP contribution in [0.2, 0.25) is 0 Å². The van der Waals surface area contributed by atoms with Gasteiger partial charge in [-0.15, -0.1) is 11.3 Å². The minimum Gasteiger partial charge on any atom is -0.323 e. The van der Waals surface area contributed by atoms with Gasteiger partial charge in [0.25, 0.3) is 0 Å². The van der Waals surface area contributed by atoms with Crippen molar-refractivity contribution in [2.75, 3.05) is 0 Å². The van der Waals surface area contributed by atoms with E-state index in [0.717, 1.165) is 0 Å². The van der Waals surface area contributed by atoms with Crippen molar-refractivity contribution in [1.82, 2.24) is 0 Å². The summed E-state index contributed by atoms with van der Waals surface area (Å²) >= 11 is 1.88. The normalized spacial score (nSPS) is 25.7. The highest BCUT2D eigenvalue weighted by Gasteiger charge is 2.34. The molecule has 1 nitrogen and oxygen atoms in total. The lowest BCUT2D eigenvalue weighted by Gasteiger charge is -2.35. The molecule has 0 bridgehead atoms. The smallest absolute Gasteiger partial charge is 0.0444 e. The van der Waals surface area contributed by atoms with Crippen LogP contribution in [0.1, 0.15) is 41.6 Å². The van der Waals surface area contributed by atoms with E-state index in [1.54, 1.807) is 0 Å². The zero-order valence-corrected chi connectivity index (χ0v) is 9.37. The Hall–Kier alpha value is -0.340. The van der Waals surface area contributed by atoms with Crippen molar-refractivity contribution < 1.29 is 0 Å². The molecule has 1 aliphatic carbocycles. The molecule has 0 spiro atoms. The van der Waals surface area contributed by atoms with Crippen molar-refractivity contribution >= 4 is 11.3 Å². The van der Waals surface area contributed by atoms with E-state index >= 15 is 0 Å². The van der Waals surface area contributed by atoms with E-state index in [2.05, 4.69) is 26.8 Å². The van der Waals surface area contributed by atoms with Crippen LogP contribution in [0, 0.1) is 12.3 Å². The maximum atomic E-state index is 6.25. The van der Waals surface area contributed by atoms with Crippen molar-refractivity contribution in [2.45, 2.75) is 39.7 Å². The predicted molar refractivity (Wildman–Crippen MR) is 58.1 cm³/mol. The number of fused-ring (bicyclic) bond motifs is 1. The monoisotopic (exact) mass is 195 g/mol. The summed E-state index contributed by atoms with van der Waals surface area (Å²) in [6, 6.07) is 2.55. The minimum atomic E-state index is 0.245. The molecule has 1 aromatic rings. The summed E-state index contributed by atoms with van der Waals surface area (Å²) in [5, 5.41) is 0. The van der Waals surface area contributed by atoms with Crippen LogP contribution in [0.15, 0.2) is 6.07 Å². The zero-order valence-electron chi connectivity index (χ0n) is 8.55. The Kier molecular flexibility index (Phi) is 2.00. The molecule has 1 aromatic heterocycles.